The van der Waals surface area contributed by atoms with Gasteiger partial charge >= 0.3 is 0 Å². The molecule has 100 valence electrons. The Bertz CT molecular complexity index is 356. The number of hydrogen-bond donors (Lipinski definition) is 2. The first kappa shape index (κ1) is 15.1. The van der Waals surface area contributed by atoms with Gasteiger partial charge in [0.2, 0.25) is 5.91 Å². The normalized spacial score (nSPS) is 13.9. The van der Waals surface area contributed by atoms with Crippen LogP contribution < -0.4 is 11.1 Å². The molecule has 0 bridgehead atoms. The van der Waals surface area contributed by atoms with Gasteiger partial charge in [-0.25, -0.2) is 0 Å². The van der Waals surface area contributed by atoms with Crippen molar-refractivity contribution in [1.29, 1.82) is 0 Å². The van der Waals surface area contributed by atoms with Crippen molar-refractivity contribution in [3.63, 3.8) is 0 Å². The third kappa shape index (κ3) is 5.56. The summed E-state index contributed by atoms with van der Waals surface area (Å²) in [5.41, 5.74) is 7.09. The van der Waals surface area contributed by atoms with Crippen LogP contribution in [-0.4, -0.2) is 30.0 Å². The van der Waals surface area contributed by atoms with E-state index in [-0.39, 0.29) is 5.91 Å². The maximum absolute atomic E-state index is 11.7. The summed E-state index contributed by atoms with van der Waals surface area (Å²) in [7, 11) is 0. The molecule has 1 rings (SSSR count). The highest BCUT2D eigenvalue weighted by Gasteiger charge is 2.13. The molecule has 0 radical (unpaired) electrons. The summed E-state index contributed by atoms with van der Waals surface area (Å²) in [6.45, 7) is 2.76. The van der Waals surface area contributed by atoms with E-state index < -0.39 is 6.04 Å². The van der Waals surface area contributed by atoms with E-state index in [1.54, 1.807) is 11.8 Å². The molecule has 2 atom stereocenters. The zero-order valence-electron chi connectivity index (χ0n) is 11.1. The standard InChI is InChI=1S/C14H22N2OS/c1-11(18-2)10-16-14(17)13(15)9-8-12-6-4-3-5-7-12/h3-7,11,13H,8-10,15H2,1-2H3,(H,16,17). The third-order valence-electron chi connectivity index (χ3n) is 2.89. The zero-order valence-corrected chi connectivity index (χ0v) is 11.9. The molecule has 18 heavy (non-hydrogen) atoms. The first-order chi connectivity index (χ1) is 8.63. The average Bonchev–Trinajstić information content (AvgIpc) is 2.42. The number of rotatable bonds is 7. The molecule has 1 amide bonds. The Kier molecular flexibility index (Phi) is 6.83. The van der Waals surface area contributed by atoms with Crippen molar-refractivity contribution in [2.75, 3.05) is 12.8 Å². The summed E-state index contributed by atoms with van der Waals surface area (Å²) in [6, 6.07) is 9.68. The molecule has 0 saturated carbocycles. The quantitative estimate of drug-likeness (QED) is 0.791. The molecule has 0 saturated heterocycles. The fourth-order valence-corrected chi connectivity index (χ4v) is 1.81. The minimum absolute atomic E-state index is 0.0492. The monoisotopic (exact) mass is 266 g/mol. The van der Waals surface area contributed by atoms with E-state index in [4.69, 9.17) is 5.73 Å². The van der Waals surface area contributed by atoms with E-state index in [1.165, 1.54) is 5.56 Å². The lowest BCUT2D eigenvalue weighted by atomic mass is 10.1. The van der Waals surface area contributed by atoms with E-state index in [1.807, 2.05) is 24.5 Å². The van der Waals surface area contributed by atoms with Crippen LogP contribution in [0.5, 0.6) is 0 Å². The Balaban J connectivity index is 2.27. The van der Waals surface area contributed by atoms with E-state index in [2.05, 4.69) is 24.4 Å². The molecule has 3 nitrogen and oxygen atoms in total. The summed E-state index contributed by atoms with van der Waals surface area (Å²) < 4.78 is 0. The SMILES string of the molecule is CSC(C)CNC(=O)C(N)CCc1ccccc1. The first-order valence-corrected chi connectivity index (χ1v) is 7.52. The highest BCUT2D eigenvalue weighted by Crippen LogP contribution is 2.05. The Morgan fingerprint density at radius 3 is 2.67 bits per heavy atom. The second-order valence-electron chi connectivity index (χ2n) is 4.42. The topological polar surface area (TPSA) is 55.1 Å². The van der Waals surface area contributed by atoms with Crippen LogP contribution >= 0.6 is 11.8 Å². The number of nitrogens with one attached hydrogen (secondary N) is 1. The van der Waals surface area contributed by atoms with Gasteiger partial charge in [-0.15, -0.1) is 0 Å². The van der Waals surface area contributed by atoms with Crippen molar-refractivity contribution in [2.24, 2.45) is 5.73 Å². The Morgan fingerprint density at radius 1 is 1.39 bits per heavy atom. The maximum atomic E-state index is 11.7. The summed E-state index contributed by atoms with van der Waals surface area (Å²) in [6.07, 6.45) is 3.56. The van der Waals surface area contributed by atoms with Gasteiger partial charge < -0.3 is 11.1 Å². The van der Waals surface area contributed by atoms with Crippen molar-refractivity contribution in [3.8, 4) is 0 Å². The summed E-state index contributed by atoms with van der Waals surface area (Å²) in [5, 5.41) is 3.31. The molecule has 2 unspecified atom stereocenters. The van der Waals surface area contributed by atoms with E-state index >= 15 is 0 Å². The average molecular weight is 266 g/mol. The molecule has 3 N–H and O–H groups in total. The van der Waals surface area contributed by atoms with Crippen LogP contribution in [-0.2, 0) is 11.2 Å². The van der Waals surface area contributed by atoms with Gasteiger partial charge in [-0.2, -0.15) is 11.8 Å². The van der Waals surface area contributed by atoms with Gasteiger partial charge in [0.25, 0.3) is 0 Å². The van der Waals surface area contributed by atoms with Gasteiger partial charge in [-0.1, -0.05) is 37.3 Å². The highest BCUT2D eigenvalue weighted by molar-refractivity contribution is 7.99. The fraction of sp³-hybridized carbons (Fsp3) is 0.500. The zero-order chi connectivity index (χ0) is 13.4. The fourth-order valence-electron chi connectivity index (χ4n) is 1.56. The van der Waals surface area contributed by atoms with Crippen LogP contribution in [0.3, 0.4) is 0 Å². The second kappa shape index (κ2) is 8.16. The molecule has 0 aliphatic rings. The lowest BCUT2D eigenvalue weighted by Crippen LogP contribution is -2.42. The van der Waals surface area contributed by atoms with Crippen molar-refractivity contribution in [2.45, 2.75) is 31.1 Å². The molecule has 0 aromatic heterocycles. The predicted molar refractivity (Wildman–Crippen MR) is 78.7 cm³/mol. The number of aryl methyl sites for hydroxylation is 1. The third-order valence-corrected chi connectivity index (χ3v) is 3.86. The largest absolute Gasteiger partial charge is 0.354 e. The molecule has 0 spiro atoms. The van der Waals surface area contributed by atoms with Gasteiger partial charge in [-0.05, 0) is 24.7 Å². The lowest BCUT2D eigenvalue weighted by molar-refractivity contribution is -0.122. The summed E-state index contributed by atoms with van der Waals surface area (Å²) in [5.74, 6) is -0.0492. The van der Waals surface area contributed by atoms with Crippen LogP contribution in [0.15, 0.2) is 30.3 Å². The van der Waals surface area contributed by atoms with Gasteiger partial charge in [0, 0.05) is 11.8 Å². The minimum Gasteiger partial charge on any atom is -0.354 e. The highest BCUT2D eigenvalue weighted by atomic mass is 32.2. The number of amides is 1. The predicted octanol–water partition coefficient (Wildman–Crippen LogP) is 1.81. The van der Waals surface area contributed by atoms with Crippen molar-refractivity contribution < 1.29 is 4.79 Å². The Morgan fingerprint density at radius 2 is 2.06 bits per heavy atom. The molecule has 0 fully saturated rings. The lowest BCUT2D eigenvalue weighted by Gasteiger charge is -2.14. The van der Waals surface area contributed by atoms with Gasteiger partial charge in [-0.3, -0.25) is 4.79 Å². The van der Waals surface area contributed by atoms with Crippen LogP contribution in [0.2, 0.25) is 0 Å². The number of thioether (sulfide) groups is 1. The van der Waals surface area contributed by atoms with Crippen LogP contribution in [0.1, 0.15) is 18.9 Å². The smallest absolute Gasteiger partial charge is 0.236 e. The minimum atomic E-state index is -0.417. The van der Waals surface area contributed by atoms with Crippen LogP contribution in [0.4, 0.5) is 0 Å². The van der Waals surface area contributed by atoms with E-state index in [0.29, 0.717) is 18.2 Å². The molecular formula is C14H22N2OS. The second-order valence-corrected chi connectivity index (χ2v) is 5.70. The molecule has 0 heterocycles. The van der Waals surface area contributed by atoms with Crippen molar-refractivity contribution >= 4 is 17.7 Å². The molecular weight excluding hydrogens is 244 g/mol. The molecule has 0 aliphatic carbocycles. The molecule has 1 aromatic rings. The van der Waals surface area contributed by atoms with Crippen LogP contribution in [0, 0.1) is 0 Å². The number of nitrogens with two attached hydrogens (primary N) is 1. The Labute approximate surface area is 114 Å². The van der Waals surface area contributed by atoms with Crippen molar-refractivity contribution in [3.05, 3.63) is 35.9 Å². The number of carbonyl (C=O) groups is 1. The molecule has 1 aromatic carbocycles. The number of hydrogen-bond acceptors (Lipinski definition) is 3. The van der Waals surface area contributed by atoms with Crippen molar-refractivity contribution in [1.82, 2.24) is 5.32 Å². The van der Waals surface area contributed by atoms with E-state index in [0.717, 1.165) is 6.42 Å². The number of benzene rings is 1. The maximum Gasteiger partial charge on any atom is 0.236 e. The summed E-state index contributed by atoms with van der Waals surface area (Å²) in [4.78, 5) is 11.7. The van der Waals surface area contributed by atoms with Gasteiger partial charge in [0.15, 0.2) is 0 Å². The van der Waals surface area contributed by atoms with E-state index in [9.17, 15) is 4.79 Å². The summed E-state index contributed by atoms with van der Waals surface area (Å²) >= 11 is 1.73. The van der Waals surface area contributed by atoms with Gasteiger partial charge in [0.05, 0.1) is 6.04 Å². The van der Waals surface area contributed by atoms with Crippen LogP contribution in [0.25, 0.3) is 0 Å². The first-order valence-electron chi connectivity index (χ1n) is 6.23. The van der Waals surface area contributed by atoms with Gasteiger partial charge in [0.1, 0.15) is 0 Å². The Hall–Kier alpha value is -1.00. The molecule has 0 aliphatic heterocycles. The molecule has 4 heteroatoms. The number of carbonyl (C=O) groups excluding carboxylic acids is 1.